The van der Waals surface area contributed by atoms with Crippen molar-refractivity contribution in [3.8, 4) is 11.8 Å². The summed E-state index contributed by atoms with van der Waals surface area (Å²) < 4.78 is 15.7. The number of nitrogens with zero attached hydrogens (tertiary/aromatic N) is 2. The predicted octanol–water partition coefficient (Wildman–Crippen LogP) is 2.90. The molecule has 0 fully saturated rings. The molecule has 1 aliphatic heterocycles. The molecule has 0 radical (unpaired) electrons. The number of nitriles is 1. The van der Waals surface area contributed by atoms with Gasteiger partial charge in [0.2, 0.25) is 5.91 Å². The number of aryl methyl sites for hydroxylation is 1. The lowest BCUT2D eigenvalue weighted by Crippen LogP contribution is -2.41. The van der Waals surface area contributed by atoms with E-state index in [0.29, 0.717) is 29.1 Å². The van der Waals surface area contributed by atoms with Crippen molar-refractivity contribution in [2.75, 3.05) is 30.5 Å². The molecule has 2 amide bonds. The SMILES string of the molecule is CCOC(=O)NC(=S)Nc1cc2c(cc1OC)N(CC#N)C(=O)C(C(=O)OC(C)(C)C)CC2. The molecule has 0 aromatic heterocycles. The van der Waals surface area contributed by atoms with Crippen molar-refractivity contribution in [2.24, 2.45) is 5.92 Å². The molecular weight excluding hydrogens is 448 g/mol. The van der Waals surface area contributed by atoms with Gasteiger partial charge in [0, 0.05) is 6.07 Å². The maximum absolute atomic E-state index is 13.2. The van der Waals surface area contributed by atoms with E-state index in [4.69, 9.17) is 26.4 Å². The first kappa shape index (κ1) is 25.9. The zero-order valence-electron chi connectivity index (χ0n) is 19.3. The van der Waals surface area contributed by atoms with Crippen LogP contribution in [0.1, 0.15) is 39.7 Å². The van der Waals surface area contributed by atoms with Gasteiger partial charge in [-0.25, -0.2) is 4.79 Å². The summed E-state index contributed by atoms with van der Waals surface area (Å²) >= 11 is 5.16. The number of thiocarbonyl (C=S) groups is 1. The zero-order valence-corrected chi connectivity index (χ0v) is 20.1. The Morgan fingerprint density at radius 1 is 1.33 bits per heavy atom. The van der Waals surface area contributed by atoms with Gasteiger partial charge in [0.05, 0.1) is 31.2 Å². The third kappa shape index (κ3) is 6.79. The first-order valence-corrected chi connectivity index (χ1v) is 10.8. The van der Waals surface area contributed by atoms with Crippen molar-refractivity contribution >= 4 is 46.7 Å². The third-order valence-corrected chi connectivity index (χ3v) is 4.82. The number of hydrogen-bond donors (Lipinski definition) is 2. The van der Waals surface area contributed by atoms with E-state index >= 15 is 0 Å². The Balaban J connectivity index is 2.39. The molecule has 2 rings (SSSR count). The van der Waals surface area contributed by atoms with E-state index < -0.39 is 29.5 Å². The largest absolute Gasteiger partial charge is 0.494 e. The molecular formula is C22H28N4O6S. The van der Waals surface area contributed by atoms with Crippen LogP contribution < -0.4 is 20.3 Å². The van der Waals surface area contributed by atoms with Gasteiger partial charge in [0.15, 0.2) is 5.11 Å². The zero-order chi connectivity index (χ0) is 24.8. The van der Waals surface area contributed by atoms with Gasteiger partial charge < -0.3 is 19.5 Å². The summed E-state index contributed by atoms with van der Waals surface area (Å²) in [5, 5.41) is 14.6. The highest BCUT2D eigenvalue weighted by molar-refractivity contribution is 7.80. The topological polar surface area (TPSA) is 130 Å². The molecule has 1 aromatic carbocycles. The van der Waals surface area contributed by atoms with Crippen LogP contribution in [-0.2, 0) is 25.5 Å². The van der Waals surface area contributed by atoms with E-state index in [0.717, 1.165) is 0 Å². The van der Waals surface area contributed by atoms with E-state index in [1.165, 1.54) is 12.0 Å². The van der Waals surface area contributed by atoms with Crippen LogP contribution in [0.2, 0.25) is 0 Å². The molecule has 1 unspecified atom stereocenters. The number of amides is 2. The fourth-order valence-corrected chi connectivity index (χ4v) is 3.49. The van der Waals surface area contributed by atoms with Crippen LogP contribution in [0.15, 0.2) is 12.1 Å². The molecule has 1 atom stereocenters. The number of alkyl carbamates (subject to hydrolysis) is 1. The van der Waals surface area contributed by atoms with Crippen LogP contribution in [-0.4, -0.2) is 48.9 Å². The van der Waals surface area contributed by atoms with E-state index in [2.05, 4.69) is 10.6 Å². The van der Waals surface area contributed by atoms with Gasteiger partial charge in [-0.15, -0.1) is 0 Å². The van der Waals surface area contributed by atoms with Crippen LogP contribution in [0.5, 0.6) is 5.75 Å². The number of anilines is 2. The number of esters is 1. The highest BCUT2D eigenvalue weighted by Gasteiger charge is 2.38. The van der Waals surface area contributed by atoms with Gasteiger partial charge in [-0.3, -0.25) is 19.8 Å². The van der Waals surface area contributed by atoms with Crippen molar-refractivity contribution < 1.29 is 28.6 Å². The number of carbonyl (C=O) groups is 3. The molecule has 2 N–H and O–H groups in total. The van der Waals surface area contributed by atoms with Crippen LogP contribution in [0, 0.1) is 17.2 Å². The number of hydrogen-bond acceptors (Lipinski definition) is 8. The minimum Gasteiger partial charge on any atom is -0.494 e. The molecule has 178 valence electrons. The molecule has 1 aromatic rings. The van der Waals surface area contributed by atoms with Crippen molar-refractivity contribution in [3.05, 3.63) is 17.7 Å². The van der Waals surface area contributed by atoms with Crippen molar-refractivity contribution in [1.82, 2.24) is 5.32 Å². The Labute approximate surface area is 198 Å². The summed E-state index contributed by atoms with van der Waals surface area (Å²) in [7, 11) is 1.44. The maximum Gasteiger partial charge on any atom is 0.413 e. The summed E-state index contributed by atoms with van der Waals surface area (Å²) in [6.07, 6.45) is -0.126. The average Bonchev–Trinajstić information content (AvgIpc) is 2.83. The van der Waals surface area contributed by atoms with E-state index in [1.54, 1.807) is 39.8 Å². The molecule has 0 spiro atoms. The maximum atomic E-state index is 13.2. The standard InChI is InChI=1S/C22H28N4O6S/c1-6-31-21(29)25-20(33)24-15-11-13-7-8-14(19(28)32-22(2,3)4)18(27)26(10-9-23)16(13)12-17(15)30-5/h11-12,14H,6-8,10H2,1-5H3,(H2,24,25,29,33). The second-order valence-electron chi connectivity index (χ2n) is 8.19. The Morgan fingerprint density at radius 3 is 2.61 bits per heavy atom. The normalized spacial score (nSPS) is 15.5. The molecule has 0 saturated carbocycles. The molecule has 33 heavy (non-hydrogen) atoms. The number of ether oxygens (including phenoxy) is 3. The van der Waals surface area contributed by atoms with Crippen LogP contribution in [0.4, 0.5) is 16.2 Å². The lowest BCUT2D eigenvalue weighted by molar-refractivity contribution is -0.162. The minimum absolute atomic E-state index is 0.00286. The predicted molar refractivity (Wildman–Crippen MR) is 125 cm³/mol. The van der Waals surface area contributed by atoms with Crippen molar-refractivity contribution in [1.29, 1.82) is 5.26 Å². The molecule has 1 aliphatic rings. The smallest absolute Gasteiger partial charge is 0.413 e. The van der Waals surface area contributed by atoms with Crippen molar-refractivity contribution in [3.63, 3.8) is 0 Å². The summed E-state index contributed by atoms with van der Waals surface area (Å²) in [6.45, 7) is 6.80. The fourth-order valence-electron chi connectivity index (χ4n) is 3.30. The monoisotopic (exact) mass is 476 g/mol. The van der Waals surface area contributed by atoms with Gasteiger partial charge in [0.25, 0.3) is 0 Å². The lowest BCUT2D eigenvalue weighted by Gasteiger charge is -2.26. The van der Waals surface area contributed by atoms with Crippen LogP contribution >= 0.6 is 12.2 Å². The summed E-state index contributed by atoms with van der Waals surface area (Å²) in [5.74, 6) is -1.85. The first-order valence-electron chi connectivity index (χ1n) is 10.4. The Hall–Kier alpha value is -3.39. The first-order chi connectivity index (χ1) is 15.5. The average molecular weight is 477 g/mol. The van der Waals surface area contributed by atoms with Gasteiger partial charge in [0.1, 0.15) is 23.8 Å². The Bertz CT molecular complexity index is 982. The molecule has 10 nitrogen and oxygen atoms in total. The van der Waals surface area contributed by atoms with E-state index in [9.17, 15) is 19.6 Å². The second-order valence-corrected chi connectivity index (χ2v) is 8.60. The number of carbonyl (C=O) groups excluding carboxylic acids is 3. The van der Waals surface area contributed by atoms with Gasteiger partial charge in [-0.2, -0.15) is 5.26 Å². The number of benzene rings is 1. The molecule has 0 bridgehead atoms. The molecule has 11 heteroatoms. The number of fused-ring (bicyclic) bond motifs is 1. The molecule has 1 heterocycles. The lowest BCUT2D eigenvalue weighted by atomic mass is 9.99. The molecule has 0 saturated heterocycles. The van der Waals surface area contributed by atoms with E-state index in [1.807, 2.05) is 6.07 Å². The summed E-state index contributed by atoms with van der Waals surface area (Å²) in [6, 6.07) is 5.28. The van der Waals surface area contributed by atoms with E-state index in [-0.39, 0.29) is 24.7 Å². The van der Waals surface area contributed by atoms with Crippen LogP contribution in [0.25, 0.3) is 0 Å². The van der Waals surface area contributed by atoms with Gasteiger partial charge >= 0.3 is 12.1 Å². The minimum atomic E-state index is -1.04. The number of nitrogens with one attached hydrogen (secondary N) is 2. The highest BCUT2D eigenvalue weighted by atomic mass is 32.1. The van der Waals surface area contributed by atoms with Crippen LogP contribution in [0.3, 0.4) is 0 Å². The fraction of sp³-hybridized carbons (Fsp3) is 0.500. The van der Waals surface area contributed by atoms with Crippen molar-refractivity contribution in [2.45, 2.75) is 46.1 Å². The highest BCUT2D eigenvalue weighted by Crippen LogP contribution is 2.38. The van der Waals surface area contributed by atoms with Gasteiger partial charge in [-0.05, 0) is 64.4 Å². The number of methoxy groups -OCH3 is 1. The summed E-state index contributed by atoms with van der Waals surface area (Å²) in [5.41, 5.74) is 0.850. The summed E-state index contributed by atoms with van der Waals surface area (Å²) in [4.78, 5) is 38.8. The third-order valence-electron chi connectivity index (χ3n) is 4.62. The Kier molecular flexibility index (Phi) is 8.59. The number of rotatable bonds is 5. The Morgan fingerprint density at radius 2 is 2.03 bits per heavy atom. The quantitative estimate of drug-likeness (QED) is 0.285. The second kappa shape index (κ2) is 11.0. The van der Waals surface area contributed by atoms with Gasteiger partial charge in [-0.1, -0.05) is 0 Å². The molecule has 0 aliphatic carbocycles.